The van der Waals surface area contributed by atoms with Gasteiger partial charge in [0, 0.05) is 16.9 Å². The van der Waals surface area contributed by atoms with Crippen molar-refractivity contribution in [3.63, 3.8) is 0 Å². The molecule has 41 heavy (non-hydrogen) atoms. The van der Waals surface area contributed by atoms with E-state index in [1.165, 1.54) is 11.3 Å². The van der Waals surface area contributed by atoms with Gasteiger partial charge >= 0.3 is 0 Å². The Bertz CT molecular complexity index is 1710. The van der Waals surface area contributed by atoms with Gasteiger partial charge in [-0.1, -0.05) is 92.7 Å². The summed E-state index contributed by atoms with van der Waals surface area (Å²) in [5.74, 6) is -1.03. The number of hydrogen-bond acceptors (Lipinski definition) is 5. The van der Waals surface area contributed by atoms with Gasteiger partial charge in [-0.2, -0.15) is 0 Å². The Morgan fingerprint density at radius 1 is 0.927 bits per heavy atom. The summed E-state index contributed by atoms with van der Waals surface area (Å²) >= 11 is 1.37. The first-order valence-corrected chi connectivity index (χ1v) is 15.0. The maximum Gasteiger partial charge on any atom is 0.238 e. The molecule has 7 rings (SSSR count). The second kappa shape index (κ2) is 9.67. The number of ketones is 2. The molecular formula is C35H30N2O3S. The summed E-state index contributed by atoms with van der Waals surface area (Å²) in [6.45, 7) is 4.33. The Balaban J connectivity index is 1.48. The Kier molecular flexibility index (Phi) is 6.05. The van der Waals surface area contributed by atoms with E-state index < -0.39 is 23.4 Å². The Hall–Kier alpha value is -4.29. The SMILES string of the molecule is CC(C)Cc1ccc(C(=O)[C@@H]2[C@H](C(=O)c3cccs3)N3c4ccccc4C=C[C@@H]3[C@]23C(=O)Nc2ccccc23)cc1. The van der Waals surface area contributed by atoms with Crippen LogP contribution in [0.4, 0.5) is 11.4 Å². The topological polar surface area (TPSA) is 66.5 Å². The molecule has 3 aliphatic heterocycles. The number of nitrogens with zero attached hydrogens (tertiary/aromatic N) is 1. The number of fused-ring (bicyclic) bond motifs is 6. The van der Waals surface area contributed by atoms with Crippen molar-refractivity contribution in [2.45, 2.75) is 37.8 Å². The zero-order valence-corrected chi connectivity index (χ0v) is 23.7. The van der Waals surface area contributed by atoms with Crippen molar-refractivity contribution in [2.75, 3.05) is 10.2 Å². The number of Topliss-reactive ketones (excluding diaryl/α,β-unsaturated/α-hetero) is 2. The summed E-state index contributed by atoms with van der Waals surface area (Å²) in [6, 6.07) is 25.5. The predicted molar refractivity (Wildman–Crippen MR) is 164 cm³/mol. The molecular weight excluding hydrogens is 528 g/mol. The number of amides is 1. The van der Waals surface area contributed by atoms with Gasteiger partial charge < -0.3 is 10.2 Å². The van der Waals surface area contributed by atoms with Crippen molar-refractivity contribution in [1.82, 2.24) is 0 Å². The van der Waals surface area contributed by atoms with Gasteiger partial charge in [-0.3, -0.25) is 14.4 Å². The van der Waals surface area contributed by atoms with E-state index in [1.54, 1.807) is 0 Å². The van der Waals surface area contributed by atoms with Crippen LogP contribution in [0.1, 0.15) is 50.6 Å². The van der Waals surface area contributed by atoms with E-state index in [0.29, 0.717) is 22.0 Å². The number of rotatable bonds is 6. The minimum atomic E-state index is -1.29. The summed E-state index contributed by atoms with van der Waals surface area (Å²) in [7, 11) is 0. The summed E-state index contributed by atoms with van der Waals surface area (Å²) in [4.78, 5) is 46.4. The number of anilines is 2. The highest BCUT2D eigenvalue weighted by Gasteiger charge is 2.70. The minimum Gasteiger partial charge on any atom is -0.352 e. The lowest BCUT2D eigenvalue weighted by atomic mass is 9.64. The van der Waals surface area contributed by atoms with Crippen LogP contribution >= 0.6 is 11.3 Å². The van der Waals surface area contributed by atoms with E-state index in [2.05, 4.69) is 24.1 Å². The van der Waals surface area contributed by atoms with Gasteiger partial charge in [0.15, 0.2) is 11.6 Å². The monoisotopic (exact) mass is 558 g/mol. The van der Waals surface area contributed by atoms with Crippen molar-refractivity contribution in [1.29, 1.82) is 0 Å². The molecule has 204 valence electrons. The average molecular weight is 559 g/mol. The van der Waals surface area contributed by atoms with Gasteiger partial charge in [-0.15, -0.1) is 11.3 Å². The van der Waals surface area contributed by atoms with Crippen molar-refractivity contribution >= 4 is 46.3 Å². The highest BCUT2D eigenvalue weighted by atomic mass is 32.1. The molecule has 4 heterocycles. The minimum absolute atomic E-state index is 0.140. The van der Waals surface area contributed by atoms with Crippen molar-refractivity contribution in [3.05, 3.63) is 124 Å². The van der Waals surface area contributed by atoms with E-state index in [-0.39, 0.29) is 17.5 Å². The molecule has 0 aliphatic carbocycles. The molecule has 3 aromatic carbocycles. The van der Waals surface area contributed by atoms with Crippen LogP contribution in [0.3, 0.4) is 0 Å². The molecule has 1 aromatic heterocycles. The molecule has 4 atom stereocenters. The molecule has 6 heteroatoms. The standard InChI is InChI=1S/C35H30N2O3S/c1-21(2)20-22-13-15-24(16-14-22)32(38)30-31(33(39)28-12-7-19-41-28)37-27-11-6-3-8-23(27)17-18-29(37)35(30)25-9-4-5-10-26(25)36-34(35)40/h3-19,21,29-31H,20H2,1-2H3,(H,36,40)/t29-,30+,31-,35+/m1/s1. The Morgan fingerprint density at radius 3 is 2.44 bits per heavy atom. The third-order valence-electron chi connectivity index (χ3n) is 8.74. The van der Waals surface area contributed by atoms with E-state index in [0.717, 1.165) is 28.8 Å². The molecule has 0 unspecified atom stereocenters. The molecule has 4 aromatic rings. The zero-order chi connectivity index (χ0) is 28.3. The Labute approximate surface area is 243 Å². The number of hydrogen-bond donors (Lipinski definition) is 1. The third-order valence-corrected chi connectivity index (χ3v) is 9.62. The van der Waals surface area contributed by atoms with Crippen LogP contribution < -0.4 is 10.2 Å². The number of thiophene rings is 1. The van der Waals surface area contributed by atoms with Crippen LogP contribution in [0, 0.1) is 11.8 Å². The lowest BCUT2D eigenvalue weighted by molar-refractivity contribution is -0.121. The zero-order valence-electron chi connectivity index (χ0n) is 22.9. The second-order valence-corrected chi connectivity index (χ2v) is 12.5. The van der Waals surface area contributed by atoms with Gasteiger partial charge in [0.25, 0.3) is 0 Å². The van der Waals surface area contributed by atoms with E-state index in [1.807, 2.05) is 102 Å². The smallest absolute Gasteiger partial charge is 0.238 e. The maximum atomic E-state index is 14.9. The number of benzene rings is 3. The lowest BCUT2D eigenvalue weighted by Crippen LogP contribution is -2.51. The van der Waals surface area contributed by atoms with Crippen LogP contribution in [0.25, 0.3) is 6.08 Å². The summed E-state index contributed by atoms with van der Waals surface area (Å²) in [5, 5.41) is 4.96. The van der Waals surface area contributed by atoms with Crippen molar-refractivity contribution in [2.24, 2.45) is 11.8 Å². The second-order valence-electron chi connectivity index (χ2n) is 11.6. The van der Waals surface area contributed by atoms with Crippen LogP contribution in [0.15, 0.2) is 96.4 Å². The van der Waals surface area contributed by atoms with Gasteiger partial charge in [0.2, 0.25) is 5.91 Å². The molecule has 1 spiro atoms. The average Bonchev–Trinajstić information content (AvgIpc) is 3.69. The highest BCUT2D eigenvalue weighted by Crippen LogP contribution is 2.58. The number of para-hydroxylation sites is 2. The van der Waals surface area contributed by atoms with E-state index in [4.69, 9.17) is 0 Å². The quantitative estimate of drug-likeness (QED) is 0.264. The molecule has 0 bridgehead atoms. The first kappa shape index (κ1) is 25.7. The van der Waals surface area contributed by atoms with Crippen molar-refractivity contribution < 1.29 is 14.4 Å². The third kappa shape index (κ3) is 3.77. The van der Waals surface area contributed by atoms with Gasteiger partial charge in [-0.05, 0) is 52.6 Å². The fourth-order valence-electron chi connectivity index (χ4n) is 7.14. The molecule has 1 fully saturated rings. The van der Waals surface area contributed by atoms with Crippen LogP contribution in [-0.4, -0.2) is 29.6 Å². The van der Waals surface area contributed by atoms with Crippen LogP contribution in [0.2, 0.25) is 0 Å². The summed E-state index contributed by atoms with van der Waals surface area (Å²) in [5.41, 5.74) is 3.66. The molecule has 3 aliphatic rings. The number of nitrogens with one attached hydrogen (secondary N) is 1. The van der Waals surface area contributed by atoms with Gasteiger partial charge in [0.05, 0.1) is 16.8 Å². The molecule has 5 nitrogen and oxygen atoms in total. The highest BCUT2D eigenvalue weighted by molar-refractivity contribution is 7.12. The maximum absolute atomic E-state index is 14.9. The normalized spacial score (nSPS) is 23.8. The largest absolute Gasteiger partial charge is 0.352 e. The van der Waals surface area contributed by atoms with E-state index >= 15 is 0 Å². The van der Waals surface area contributed by atoms with Gasteiger partial charge in [-0.25, -0.2) is 0 Å². The van der Waals surface area contributed by atoms with E-state index in [9.17, 15) is 14.4 Å². The molecule has 0 radical (unpaired) electrons. The Morgan fingerprint density at radius 2 is 1.68 bits per heavy atom. The first-order chi connectivity index (χ1) is 19.9. The fourth-order valence-corrected chi connectivity index (χ4v) is 7.84. The molecule has 0 saturated carbocycles. The van der Waals surface area contributed by atoms with Gasteiger partial charge in [0.1, 0.15) is 11.5 Å². The molecule has 1 amide bonds. The number of carbonyl (C=O) groups excluding carboxylic acids is 3. The molecule has 1 N–H and O–H groups in total. The summed E-state index contributed by atoms with van der Waals surface area (Å²) in [6.07, 6.45) is 4.94. The first-order valence-electron chi connectivity index (χ1n) is 14.1. The van der Waals surface area contributed by atoms with Crippen LogP contribution in [-0.2, 0) is 16.6 Å². The number of carbonyl (C=O) groups is 3. The van der Waals surface area contributed by atoms with Crippen molar-refractivity contribution in [3.8, 4) is 0 Å². The van der Waals surface area contributed by atoms with Crippen LogP contribution in [0.5, 0.6) is 0 Å². The lowest BCUT2D eigenvalue weighted by Gasteiger charge is -2.37. The summed E-state index contributed by atoms with van der Waals surface area (Å²) < 4.78 is 0. The fraction of sp³-hybridized carbons (Fsp3) is 0.229. The molecule has 1 saturated heterocycles. The predicted octanol–water partition coefficient (Wildman–Crippen LogP) is 6.80.